The van der Waals surface area contributed by atoms with Gasteiger partial charge in [0.05, 0.1) is 5.75 Å². The van der Waals surface area contributed by atoms with Crippen LogP contribution in [0.1, 0.15) is 38.3 Å². The van der Waals surface area contributed by atoms with Gasteiger partial charge < -0.3 is 10.2 Å². The van der Waals surface area contributed by atoms with E-state index in [4.69, 9.17) is 34.8 Å². The summed E-state index contributed by atoms with van der Waals surface area (Å²) in [6.07, 6.45) is 0.815. The molecule has 2 atom stereocenters. The van der Waals surface area contributed by atoms with E-state index in [1.807, 2.05) is 26.0 Å². The van der Waals surface area contributed by atoms with Crippen molar-refractivity contribution >= 4 is 58.4 Å². The van der Waals surface area contributed by atoms with Crippen molar-refractivity contribution in [2.75, 3.05) is 5.75 Å². The summed E-state index contributed by atoms with van der Waals surface area (Å²) in [6.45, 7) is 5.98. The van der Waals surface area contributed by atoms with E-state index in [1.165, 1.54) is 11.8 Å². The van der Waals surface area contributed by atoms with Crippen molar-refractivity contribution in [2.24, 2.45) is 0 Å². The van der Waals surface area contributed by atoms with Crippen LogP contribution in [0.3, 0.4) is 0 Å². The van der Waals surface area contributed by atoms with E-state index in [2.05, 4.69) is 5.32 Å². The van der Waals surface area contributed by atoms with Crippen LogP contribution in [-0.4, -0.2) is 34.6 Å². The Morgan fingerprint density at radius 2 is 1.71 bits per heavy atom. The third-order valence-corrected chi connectivity index (χ3v) is 6.83. The molecule has 2 amide bonds. The molecule has 2 aromatic rings. The standard InChI is InChI=1S/C23H27Cl3N2O2S/c1-4-15(2)27-23(30)16(3)28(12-17-7-5-8-18(24)11-17)22(29)14-31-13-19-20(25)9-6-10-21(19)26/h5-11,15-16H,4,12-14H2,1-3H3,(H,27,30)/t15-,16+/m1/s1. The minimum atomic E-state index is -0.620. The average Bonchev–Trinajstić information content (AvgIpc) is 2.73. The number of hydrogen-bond acceptors (Lipinski definition) is 3. The zero-order valence-corrected chi connectivity index (χ0v) is 20.9. The number of halogens is 3. The lowest BCUT2D eigenvalue weighted by molar-refractivity contribution is -0.138. The van der Waals surface area contributed by atoms with Crippen molar-refractivity contribution in [3.63, 3.8) is 0 Å². The highest BCUT2D eigenvalue weighted by Crippen LogP contribution is 2.28. The van der Waals surface area contributed by atoms with Crippen LogP contribution in [0.15, 0.2) is 42.5 Å². The van der Waals surface area contributed by atoms with Crippen molar-refractivity contribution in [1.82, 2.24) is 10.2 Å². The largest absolute Gasteiger partial charge is 0.352 e. The third-order valence-electron chi connectivity index (χ3n) is 4.94. The van der Waals surface area contributed by atoms with Gasteiger partial charge in [0.2, 0.25) is 11.8 Å². The van der Waals surface area contributed by atoms with Crippen molar-refractivity contribution in [3.05, 3.63) is 68.7 Å². The number of nitrogens with one attached hydrogen (secondary N) is 1. The Morgan fingerprint density at radius 1 is 1.06 bits per heavy atom. The van der Waals surface area contributed by atoms with Gasteiger partial charge >= 0.3 is 0 Å². The highest BCUT2D eigenvalue weighted by atomic mass is 35.5. The van der Waals surface area contributed by atoms with Crippen molar-refractivity contribution in [2.45, 2.75) is 51.6 Å². The molecule has 0 saturated heterocycles. The van der Waals surface area contributed by atoms with Gasteiger partial charge in [-0.05, 0) is 55.7 Å². The molecule has 0 spiro atoms. The molecule has 0 fully saturated rings. The molecule has 0 aliphatic heterocycles. The van der Waals surface area contributed by atoms with E-state index in [1.54, 1.807) is 42.2 Å². The summed E-state index contributed by atoms with van der Waals surface area (Å²) < 4.78 is 0. The molecule has 0 bridgehead atoms. The molecule has 0 radical (unpaired) electrons. The average molecular weight is 502 g/mol. The molecule has 4 nitrogen and oxygen atoms in total. The van der Waals surface area contributed by atoms with Crippen molar-refractivity contribution in [3.8, 4) is 0 Å². The Kier molecular flexibility index (Phi) is 10.5. The first-order valence-electron chi connectivity index (χ1n) is 10.1. The molecule has 0 aromatic heterocycles. The maximum Gasteiger partial charge on any atom is 0.242 e. The van der Waals surface area contributed by atoms with Crippen LogP contribution >= 0.6 is 46.6 Å². The second-order valence-electron chi connectivity index (χ2n) is 7.34. The molecule has 0 heterocycles. The molecular formula is C23H27Cl3N2O2S. The zero-order valence-electron chi connectivity index (χ0n) is 17.8. The molecule has 0 aliphatic carbocycles. The first-order chi connectivity index (χ1) is 14.7. The lowest BCUT2D eigenvalue weighted by Gasteiger charge is -2.29. The predicted molar refractivity (Wildman–Crippen MR) is 132 cm³/mol. The number of rotatable bonds is 10. The van der Waals surface area contributed by atoms with Crippen LogP contribution in [0.2, 0.25) is 15.1 Å². The fourth-order valence-electron chi connectivity index (χ4n) is 2.87. The number of hydrogen-bond donors (Lipinski definition) is 1. The number of benzene rings is 2. The first kappa shape index (κ1) is 25.9. The van der Waals surface area contributed by atoms with Gasteiger partial charge in [0, 0.05) is 33.4 Å². The number of amides is 2. The predicted octanol–water partition coefficient (Wildman–Crippen LogP) is 6.21. The van der Waals surface area contributed by atoms with E-state index < -0.39 is 6.04 Å². The topological polar surface area (TPSA) is 49.4 Å². The molecule has 1 N–H and O–H groups in total. The molecule has 168 valence electrons. The summed E-state index contributed by atoms with van der Waals surface area (Å²) in [7, 11) is 0. The number of carbonyl (C=O) groups excluding carboxylic acids is 2. The molecule has 8 heteroatoms. The molecule has 31 heavy (non-hydrogen) atoms. The van der Waals surface area contributed by atoms with Crippen LogP contribution in [0.5, 0.6) is 0 Å². The van der Waals surface area contributed by atoms with Gasteiger partial charge in [-0.3, -0.25) is 9.59 Å². The Morgan fingerprint density at radius 3 is 2.32 bits per heavy atom. The summed E-state index contributed by atoms with van der Waals surface area (Å²) >= 11 is 20.0. The lowest BCUT2D eigenvalue weighted by atomic mass is 10.1. The smallest absolute Gasteiger partial charge is 0.242 e. The van der Waals surface area contributed by atoms with Gasteiger partial charge in [-0.15, -0.1) is 11.8 Å². The molecular weight excluding hydrogens is 475 g/mol. The molecule has 0 unspecified atom stereocenters. The number of thioether (sulfide) groups is 1. The van der Waals surface area contributed by atoms with Crippen molar-refractivity contribution in [1.29, 1.82) is 0 Å². The van der Waals surface area contributed by atoms with Crippen LogP contribution in [0.4, 0.5) is 0 Å². The Labute approximate surface area is 203 Å². The fourth-order valence-corrected chi connectivity index (χ4v) is 4.73. The Bertz CT molecular complexity index is 890. The monoisotopic (exact) mass is 500 g/mol. The second kappa shape index (κ2) is 12.6. The first-order valence-corrected chi connectivity index (χ1v) is 12.4. The number of nitrogens with zero attached hydrogens (tertiary/aromatic N) is 1. The quantitative estimate of drug-likeness (QED) is 0.421. The summed E-state index contributed by atoms with van der Waals surface area (Å²) in [5.74, 6) is 0.384. The maximum atomic E-state index is 13.1. The summed E-state index contributed by atoms with van der Waals surface area (Å²) in [5, 5.41) is 4.69. The maximum absolute atomic E-state index is 13.1. The third kappa shape index (κ3) is 7.90. The van der Waals surface area contributed by atoms with Crippen LogP contribution in [-0.2, 0) is 21.9 Å². The van der Waals surface area contributed by atoms with Gasteiger partial charge in [0.15, 0.2) is 0 Å². The van der Waals surface area contributed by atoms with Gasteiger partial charge in [-0.2, -0.15) is 0 Å². The van der Waals surface area contributed by atoms with E-state index in [0.717, 1.165) is 17.5 Å². The molecule has 0 saturated carbocycles. The van der Waals surface area contributed by atoms with Gasteiger partial charge in [0.25, 0.3) is 0 Å². The van der Waals surface area contributed by atoms with Gasteiger partial charge in [-0.1, -0.05) is 59.9 Å². The van der Waals surface area contributed by atoms with E-state index in [0.29, 0.717) is 27.4 Å². The van der Waals surface area contributed by atoms with Crippen LogP contribution in [0, 0.1) is 0 Å². The Hall–Kier alpha value is -1.40. The van der Waals surface area contributed by atoms with Gasteiger partial charge in [0.1, 0.15) is 6.04 Å². The minimum absolute atomic E-state index is 0.0369. The van der Waals surface area contributed by atoms with E-state index in [9.17, 15) is 9.59 Å². The SMILES string of the molecule is CC[C@@H](C)NC(=O)[C@H](C)N(Cc1cccc(Cl)c1)C(=O)CSCc1c(Cl)cccc1Cl. The van der Waals surface area contributed by atoms with Crippen LogP contribution < -0.4 is 5.32 Å². The molecule has 0 aliphatic rings. The van der Waals surface area contributed by atoms with Crippen LogP contribution in [0.25, 0.3) is 0 Å². The highest BCUT2D eigenvalue weighted by molar-refractivity contribution is 7.99. The van der Waals surface area contributed by atoms with E-state index >= 15 is 0 Å². The zero-order chi connectivity index (χ0) is 23.0. The Balaban J connectivity index is 2.12. The summed E-state index contributed by atoms with van der Waals surface area (Å²) in [5.41, 5.74) is 1.66. The minimum Gasteiger partial charge on any atom is -0.352 e. The highest BCUT2D eigenvalue weighted by Gasteiger charge is 2.26. The lowest BCUT2D eigenvalue weighted by Crippen LogP contribution is -2.50. The molecule has 2 aromatic carbocycles. The summed E-state index contributed by atoms with van der Waals surface area (Å²) in [4.78, 5) is 27.4. The number of carbonyl (C=O) groups is 2. The normalized spacial score (nSPS) is 12.8. The van der Waals surface area contributed by atoms with E-state index in [-0.39, 0.29) is 23.6 Å². The van der Waals surface area contributed by atoms with Crippen molar-refractivity contribution < 1.29 is 9.59 Å². The summed E-state index contributed by atoms with van der Waals surface area (Å²) in [6, 6.07) is 12.1. The fraction of sp³-hybridized carbons (Fsp3) is 0.391. The van der Waals surface area contributed by atoms with Gasteiger partial charge in [-0.25, -0.2) is 0 Å². The second-order valence-corrected chi connectivity index (χ2v) is 9.57. The molecule has 2 rings (SSSR count).